The lowest BCUT2D eigenvalue weighted by Gasteiger charge is -2.44. The summed E-state index contributed by atoms with van der Waals surface area (Å²) in [7, 11) is -3.57. The fourth-order valence-electron chi connectivity index (χ4n) is 3.34. The number of hydrogen-bond donors (Lipinski definition) is 0. The van der Waals surface area contributed by atoms with Gasteiger partial charge in [0.15, 0.2) is 10.4 Å². The quantitative estimate of drug-likeness (QED) is 0.728. The molecule has 2 aromatic rings. The van der Waals surface area contributed by atoms with Gasteiger partial charge in [-0.2, -0.15) is 4.31 Å². The summed E-state index contributed by atoms with van der Waals surface area (Å²) >= 11 is 3.19. The van der Waals surface area contributed by atoms with Crippen LogP contribution in [0.15, 0.2) is 56.4 Å². The number of hydrogen-bond acceptors (Lipinski definition) is 5. The maximum absolute atomic E-state index is 12.8. The fraction of sp³-hybridized carbons (Fsp3) is 0.353. The van der Waals surface area contributed by atoms with Crippen LogP contribution < -0.4 is 0 Å². The third-order valence-corrected chi connectivity index (χ3v) is 6.77. The van der Waals surface area contributed by atoms with Gasteiger partial charge in [0.2, 0.25) is 10.0 Å². The van der Waals surface area contributed by atoms with E-state index in [1.54, 1.807) is 47.4 Å². The molecule has 0 N–H and O–H groups in total. The summed E-state index contributed by atoms with van der Waals surface area (Å²) < 4.78 is 38.8. The molecule has 2 aliphatic rings. The second kappa shape index (κ2) is 6.80. The first-order valence-corrected chi connectivity index (χ1v) is 10.4. The Labute approximate surface area is 159 Å². The second-order valence-corrected chi connectivity index (χ2v) is 9.05. The number of furan rings is 1. The Hall–Kier alpha value is -1.68. The summed E-state index contributed by atoms with van der Waals surface area (Å²) in [4.78, 5) is 14.5. The van der Waals surface area contributed by atoms with E-state index in [1.165, 1.54) is 4.31 Å². The number of morpholine rings is 2. The van der Waals surface area contributed by atoms with E-state index in [4.69, 9.17) is 9.15 Å². The van der Waals surface area contributed by atoms with Gasteiger partial charge < -0.3 is 14.1 Å². The van der Waals surface area contributed by atoms with Crippen LogP contribution in [-0.4, -0.2) is 61.9 Å². The predicted molar refractivity (Wildman–Crippen MR) is 96.2 cm³/mol. The Morgan fingerprint density at radius 2 is 1.65 bits per heavy atom. The Morgan fingerprint density at radius 1 is 1.00 bits per heavy atom. The van der Waals surface area contributed by atoms with E-state index in [0.717, 1.165) is 0 Å². The first-order valence-electron chi connectivity index (χ1n) is 8.19. The summed E-state index contributed by atoms with van der Waals surface area (Å²) in [6, 6.07) is 11.7. The van der Waals surface area contributed by atoms with Crippen LogP contribution in [0.25, 0.3) is 0 Å². The van der Waals surface area contributed by atoms with E-state index in [-0.39, 0.29) is 41.9 Å². The number of ether oxygens (including phenoxy) is 1. The van der Waals surface area contributed by atoms with Crippen LogP contribution in [-0.2, 0) is 14.8 Å². The minimum Gasteiger partial charge on any atom is -0.444 e. The molecule has 2 fully saturated rings. The van der Waals surface area contributed by atoms with Gasteiger partial charge in [-0.1, -0.05) is 18.2 Å². The van der Waals surface area contributed by atoms with Crippen LogP contribution in [0.5, 0.6) is 0 Å². The Morgan fingerprint density at radius 3 is 2.23 bits per heavy atom. The number of carbonyl (C=O) groups is 1. The van der Waals surface area contributed by atoms with Crippen LogP contribution in [0.1, 0.15) is 10.6 Å². The highest BCUT2D eigenvalue weighted by Gasteiger charge is 2.41. The van der Waals surface area contributed by atoms with Crippen molar-refractivity contribution in [2.75, 3.05) is 26.2 Å². The van der Waals surface area contributed by atoms with E-state index < -0.39 is 10.0 Å². The molecule has 9 heteroatoms. The van der Waals surface area contributed by atoms with Crippen molar-refractivity contribution >= 4 is 31.9 Å². The van der Waals surface area contributed by atoms with Crippen molar-refractivity contribution in [1.29, 1.82) is 0 Å². The minimum absolute atomic E-state index is 0.214. The molecule has 26 heavy (non-hydrogen) atoms. The first kappa shape index (κ1) is 17.7. The fourth-order valence-corrected chi connectivity index (χ4v) is 5.17. The van der Waals surface area contributed by atoms with Crippen molar-refractivity contribution in [3.05, 3.63) is 52.9 Å². The van der Waals surface area contributed by atoms with Crippen molar-refractivity contribution in [2.45, 2.75) is 17.1 Å². The molecule has 0 spiro atoms. The van der Waals surface area contributed by atoms with Crippen LogP contribution >= 0.6 is 15.9 Å². The predicted octanol–water partition coefficient (Wildman–Crippen LogP) is 1.96. The maximum Gasteiger partial charge on any atom is 0.289 e. The number of carbonyl (C=O) groups excluding carboxylic acids is 1. The Kier molecular flexibility index (Phi) is 4.64. The first-order chi connectivity index (χ1) is 12.4. The number of rotatable bonds is 3. The third-order valence-electron chi connectivity index (χ3n) is 4.50. The average molecular weight is 441 g/mol. The zero-order valence-corrected chi connectivity index (χ0v) is 16.1. The zero-order valence-electron chi connectivity index (χ0n) is 13.7. The molecule has 1 aromatic carbocycles. The van der Waals surface area contributed by atoms with E-state index in [2.05, 4.69) is 15.9 Å². The molecule has 2 saturated heterocycles. The standard InChI is InChI=1S/C17H17BrN2O5S/c18-16-7-6-15(25-16)17(21)19-8-12-10-20(11-13(9-19)24-12)26(22,23)14-4-2-1-3-5-14/h1-7,12-13H,8-11H2. The molecule has 4 rings (SSSR count). The van der Waals surface area contributed by atoms with Crippen molar-refractivity contribution in [3.8, 4) is 0 Å². The molecular weight excluding hydrogens is 424 g/mol. The average Bonchev–Trinajstić information content (AvgIpc) is 3.07. The van der Waals surface area contributed by atoms with Gasteiger partial charge in [-0.05, 0) is 40.2 Å². The molecular formula is C17H17BrN2O5S. The van der Waals surface area contributed by atoms with E-state index in [9.17, 15) is 13.2 Å². The van der Waals surface area contributed by atoms with Gasteiger partial charge in [-0.3, -0.25) is 4.79 Å². The topological polar surface area (TPSA) is 80.1 Å². The van der Waals surface area contributed by atoms with Gasteiger partial charge in [-0.25, -0.2) is 8.42 Å². The summed E-state index contributed by atoms with van der Waals surface area (Å²) in [5.41, 5.74) is 0. The number of fused-ring (bicyclic) bond motifs is 2. The third kappa shape index (κ3) is 3.32. The minimum atomic E-state index is -3.57. The van der Waals surface area contributed by atoms with Crippen molar-refractivity contribution in [1.82, 2.24) is 9.21 Å². The molecule has 2 aliphatic heterocycles. The summed E-state index contributed by atoms with van der Waals surface area (Å²) in [6.07, 6.45) is -0.716. The van der Waals surface area contributed by atoms with Crippen LogP contribution in [0.3, 0.4) is 0 Å². The molecule has 2 unspecified atom stereocenters. The summed E-state index contributed by atoms with van der Waals surface area (Å²) in [5, 5.41) is 0. The second-order valence-electron chi connectivity index (χ2n) is 6.33. The highest BCUT2D eigenvalue weighted by atomic mass is 79.9. The SMILES string of the molecule is O=C(c1ccc(Br)o1)N1CC2CN(S(=O)(=O)c3ccccc3)CC(C1)O2. The molecule has 7 nitrogen and oxygen atoms in total. The van der Waals surface area contributed by atoms with Gasteiger partial charge >= 0.3 is 0 Å². The molecule has 0 saturated carbocycles. The summed E-state index contributed by atoms with van der Waals surface area (Å²) in [6.45, 7) is 1.10. The molecule has 138 valence electrons. The van der Waals surface area contributed by atoms with Crippen molar-refractivity contribution < 1.29 is 22.4 Å². The van der Waals surface area contributed by atoms with E-state index in [1.807, 2.05) is 0 Å². The molecule has 2 bridgehead atoms. The molecule has 0 aliphatic carbocycles. The van der Waals surface area contributed by atoms with Crippen LogP contribution in [0.2, 0.25) is 0 Å². The monoisotopic (exact) mass is 440 g/mol. The number of benzene rings is 1. The van der Waals surface area contributed by atoms with Gasteiger partial charge in [0.25, 0.3) is 5.91 Å². The smallest absolute Gasteiger partial charge is 0.289 e. The number of sulfonamides is 1. The molecule has 1 aromatic heterocycles. The number of halogens is 1. The Bertz CT molecular complexity index is 900. The maximum atomic E-state index is 12.8. The molecule has 1 amide bonds. The molecule has 0 radical (unpaired) electrons. The Balaban J connectivity index is 1.49. The summed E-state index contributed by atoms with van der Waals surface area (Å²) in [5.74, 6) is 0.0407. The highest BCUT2D eigenvalue weighted by Crippen LogP contribution is 2.26. The van der Waals surface area contributed by atoms with Crippen LogP contribution in [0, 0.1) is 0 Å². The van der Waals surface area contributed by atoms with Crippen molar-refractivity contribution in [2.24, 2.45) is 0 Å². The number of nitrogens with zero attached hydrogens (tertiary/aromatic N) is 2. The van der Waals surface area contributed by atoms with Gasteiger partial charge in [0, 0.05) is 26.2 Å². The van der Waals surface area contributed by atoms with Crippen molar-refractivity contribution in [3.63, 3.8) is 0 Å². The normalized spacial score (nSPS) is 23.8. The lowest BCUT2D eigenvalue weighted by molar-refractivity contribution is -0.113. The van der Waals surface area contributed by atoms with Crippen LogP contribution in [0.4, 0.5) is 0 Å². The van der Waals surface area contributed by atoms with Gasteiger partial charge in [0.05, 0.1) is 17.1 Å². The van der Waals surface area contributed by atoms with E-state index in [0.29, 0.717) is 17.8 Å². The zero-order chi connectivity index (χ0) is 18.3. The molecule has 2 atom stereocenters. The number of amides is 1. The van der Waals surface area contributed by atoms with Gasteiger partial charge in [0.1, 0.15) is 0 Å². The highest BCUT2D eigenvalue weighted by molar-refractivity contribution is 9.10. The lowest BCUT2D eigenvalue weighted by Crippen LogP contribution is -2.61. The lowest BCUT2D eigenvalue weighted by atomic mass is 10.1. The van der Waals surface area contributed by atoms with Gasteiger partial charge in [-0.15, -0.1) is 0 Å². The molecule has 3 heterocycles. The van der Waals surface area contributed by atoms with E-state index >= 15 is 0 Å². The largest absolute Gasteiger partial charge is 0.444 e.